The van der Waals surface area contributed by atoms with E-state index in [1.54, 1.807) is 6.07 Å². The number of guanidine groups is 1. The number of hydrogen-bond acceptors (Lipinski definition) is 4. The summed E-state index contributed by atoms with van der Waals surface area (Å²) in [5.74, 6) is 1.19. The van der Waals surface area contributed by atoms with Gasteiger partial charge in [0.05, 0.1) is 17.0 Å². The quantitative estimate of drug-likeness (QED) is 0.433. The minimum absolute atomic E-state index is 0.240. The summed E-state index contributed by atoms with van der Waals surface area (Å²) >= 11 is 7.28. The van der Waals surface area contributed by atoms with E-state index in [-0.39, 0.29) is 6.10 Å². The maximum absolute atomic E-state index is 10.2. The number of thiophene rings is 1. The SMILES string of the molecule is CCNC(=NCC(O)c1ccc(Cl)s1)NCCC(OCC)C(C)C. The third-order valence-corrected chi connectivity index (χ3v) is 4.87. The zero-order chi connectivity index (χ0) is 17.9. The molecule has 1 rings (SSSR count). The molecule has 1 heterocycles. The van der Waals surface area contributed by atoms with Crippen LogP contribution in [0, 0.1) is 5.92 Å². The molecule has 0 radical (unpaired) electrons. The van der Waals surface area contributed by atoms with Crippen molar-refractivity contribution in [3.63, 3.8) is 0 Å². The fourth-order valence-electron chi connectivity index (χ4n) is 2.27. The molecule has 1 aromatic heterocycles. The van der Waals surface area contributed by atoms with Crippen molar-refractivity contribution in [1.82, 2.24) is 10.6 Å². The first-order valence-corrected chi connectivity index (χ1v) is 9.74. The number of rotatable bonds is 10. The van der Waals surface area contributed by atoms with Crippen molar-refractivity contribution in [3.8, 4) is 0 Å². The molecule has 0 aliphatic carbocycles. The molecule has 0 spiro atoms. The summed E-state index contributed by atoms with van der Waals surface area (Å²) in [7, 11) is 0. The minimum atomic E-state index is -0.634. The number of aliphatic hydroxyl groups excluding tert-OH is 1. The molecule has 0 saturated heterocycles. The third-order valence-electron chi connectivity index (χ3n) is 3.53. The Balaban J connectivity index is 2.50. The molecule has 0 bridgehead atoms. The lowest BCUT2D eigenvalue weighted by atomic mass is 10.0. The van der Waals surface area contributed by atoms with Crippen LogP contribution in [0.5, 0.6) is 0 Å². The molecule has 1 aromatic rings. The van der Waals surface area contributed by atoms with Gasteiger partial charge in [-0.1, -0.05) is 25.4 Å². The van der Waals surface area contributed by atoms with Gasteiger partial charge in [-0.05, 0) is 38.3 Å². The van der Waals surface area contributed by atoms with E-state index in [1.807, 2.05) is 19.9 Å². The van der Waals surface area contributed by atoms with E-state index < -0.39 is 6.10 Å². The van der Waals surface area contributed by atoms with Crippen LogP contribution in [-0.2, 0) is 4.74 Å². The van der Waals surface area contributed by atoms with Crippen molar-refractivity contribution in [2.24, 2.45) is 10.9 Å². The second kappa shape index (κ2) is 11.7. The smallest absolute Gasteiger partial charge is 0.191 e. The molecule has 3 N–H and O–H groups in total. The van der Waals surface area contributed by atoms with Crippen LogP contribution in [0.1, 0.15) is 45.1 Å². The predicted molar refractivity (Wildman–Crippen MR) is 103 cm³/mol. The zero-order valence-electron chi connectivity index (χ0n) is 15.0. The highest BCUT2D eigenvalue weighted by molar-refractivity contribution is 7.16. The number of aliphatic imine (C=N–C) groups is 1. The molecule has 5 nitrogen and oxygen atoms in total. The zero-order valence-corrected chi connectivity index (χ0v) is 16.6. The van der Waals surface area contributed by atoms with Crippen LogP contribution in [0.25, 0.3) is 0 Å². The Labute approximate surface area is 154 Å². The summed E-state index contributed by atoms with van der Waals surface area (Å²) in [5, 5.41) is 16.7. The van der Waals surface area contributed by atoms with Gasteiger partial charge in [0.25, 0.3) is 0 Å². The van der Waals surface area contributed by atoms with Crippen LogP contribution in [0.3, 0.4) is 0 Å². The fourth-order valence-corrected chi connectivity index (χ4v) is 3.31. The maximum atomic E-state index is 10.2. The molecular formula is C17H30ClN3O2S. The number of halogens is 1. The standard InChI is InChI=1S/C17H30ClN3O2S/c1-5-19-17(20-10-9-14(12(3)4)23-6-2)21-11-13(22)15-7-8-16(18)24-15/h7-8,12-14,22H,5-6,9-11H2,1-4H3,(H2,19,20,21). The van der Waals surface area contributed by atoms with Crippen LogP contribution in [-0.4, -0.2) is 43.4 Å². The Kier molecular flexibility index (Phi) is 10.3. The van der Waals surface area contributed by atoms with Crippen LogP contribution >= 0.6 is 22.9 Å². The average molecular weight is 376 g/mol. The Morgan fingerprint density at radius 1 is 1.33 bits per heavy atom. The maximum Gasteiger partial charge on any atom is 0.191 e. The van der Waals surface area contributed by atoms with Gasteiger partial charge in [-0.3, -0.25) is 4.99 Å². The van der Waals surface area contributed by atoms with E-state index in [0.717, 1.165) is 31.0 Å². The second-order valence-electron chi connectivity index (χ2n) is 5.83. The Hall–Kier alpha value is -0.820. The first-order chi connectivity index (χ1) is 11.5. The number of aliphatic hydroxyl groups is 1. The molecule has 24 heavy (non-hydrogen) atoms. The van der Waals surface area contributed by atoms with Gasteiger partial charge in [0, 0.05) is 24.6 Å². The first-order valence-electron chi connectivity index (χ1n) is 8.54. The van der Waals surface area contributed by atoms with Crippen LogP contribution in [0.15, 0.2) is 17.1 Å². The van der Waals surface area contributed by atoms with Crippen molar-refractivity contribution in [2.75, 3.05) is 26.2 Å². The van der Waals surface area contributed by atoms with E-state index in [4.69, 9.17) is 16.3 Å². The van der Waals surface area contributed by atoms with Gasteiger partial charge < -0.3 is 20.5 Å². The fraction of sp³-hybridized carbons (Fsp3) is 0.706. The van der Waals surface area contributed by atoms with E-state index in [9.17, 15) is 5.11 Å². The summed E-state index contributed by atoms with van der Waals surface area (Å²) in [5.41, 5.74) is 0. The number of nitrogens with zero attached hydrogens (tertiary/aromatic N) is 1. The Bertz CT molecular complexity index is 494. The normalized spacial score (nSPS) is 14.7. The van der Waals surface area contributed by atoms with Gasteiger partial charge >= 0.3 is 0 Å². The lowest BCUT2D eigenvalue weighted by Crippen LogP contribution is -2.39. The first kappa shape index (κ1) is 21.2. The Morgan fingerprint density at radius 2 is 2.08 bits per heavy atom. The molecule has 0 aromatic carbocycles. The third kappa shape index (κ3) is 7.83. The average Bonchev–Trinajstić information content (AvgIpc) is 2.97. The van der Waals surface area contributed by atoms with Gasteiger partial charge in [0.2, 0.25) is 0 Å². The largest absolute Gasteiger partial charge is 0.386 e. The number of hydrogen-bond donors (Lipinski definition) is 3. The molecule has 0 aliphatic rings. The molecule has 0 saturated carbocycles. The van der Waals surface area contributed by atoms with Gasteiger partial charge in [-0.2, -0.15) is 0 Å². The van der Waals surface area contributed by atoms with Crippen LogP contribution < -0.4 is 10.6 Å². The number of ether oxygens (including phenoxy) is 1. The predicted octanol–water partition coefficient (Wildman–Crippen LogP) is 3.44. The van der Waals surface area contributed by atoms with E-state index in [0.29, 0.717) is 22.8 Å². The molecule has 0 aliphatic heterocycles. The van der Waals surface area contributed by atoms with Crippen molar-refractivity contribution in [3.05, 3.63) is 21.3 Å². The van der Waals surface area contributed by atoms with E-state index in [2.05, 4.69) is 29.5 Å². The van der Waals surface area contributed by atoms with E-state index in [1.165, 1.54) is 11.3 Å². The van der Waals surface area contributed by atoms with Crippen molar-refractivity contribution in [2.45, 2.75) is 46.3 Å². The summed E-state index contributed by atoms with van der Waals surface area (Å²) in [6.07, 6.45) is 0.521. The van der Waals surface area contributed by atoms with Crippen LogP contribution in [0.2, 0.25) is 4.34 Å². The molecule has 0 amide bonds. The highest BCUT2D eigenvalue weighted by atomic mass is 35.5. The molecule has 0 fully saturated rings. The molecule has 2 atom stereocenters. The minimum Gasteiger partial charge on any atom is -0.386 e. The lowest BCUT2D eigenvalue weighted by Gasteiger charge is -2.21. The Morgan fingerprint density at radius 3 is 2.62 bits per heavy atom. The van der Waals surface area contributed by atoms with Gasteiger partial charge in [0.1, 0.15) is 6.10 Å². The molecule has 7 heteroatoms. The lowest BCUT2D eigenvalue weighted by molar-refractivity contribution is 0.0258. The topological polar surface area (TPSA) is 65.9 Å². The molecular weight excluding hydrogens is 346 g/mol. The van der Waals surface area contributed by atoms with Gasteiger partial charge in [-0.25, -0.2) is 0 Å². The molecule has 2 unspecified atom stereocenters. The van der Waals surface area contributed by atoms with Crippen molar-refractivity contribution in [1.29, 1.82) is 0 Å². The second-order valence-corrected chi connectivity index (χ2v) is 7.58. The van der Waals surface area contributed by atoms with Gasteiger partial charge in [-0.15, -0.1) is 11.3 Å². The van der Waals surface area contributed by atoms with Gasteiger partial charge in [0.15, 0.2) is 5.96 Å². The highest BCUT2D eigenvalue weighted by Gasteiger charge is 2.13. The highest BCUT2D eigenvalue weighted by Crippen LogP contribution is 2.26. The van der Waals surface area contributed by atoms with Crippen molar-refractivity contribution < 1.29 is 9.84 Å². The molecule has 138 valence electrons. The van der Waals surface area contributed by atoms with Crippen molar-refractivity contribution >= 4 is 28.9 Å². The summed E-state index contributed by atoms with van der Waals surface area (Å²) in [4.78, 5) is 5.28. The summed E-state index contributed by atoms with van der Waals surface area (Å²) < 4.78 is 6.43. The summed E-state index contributed by atoms with van der Waals surface area (Å²) in [6, 6.07) is 3.63. The number of nitrogens with one attached hydrogen (secondary N) is 2. The van der Waals surface area contributed by atoms with Crippen LogP contribution in [0.4, 0.5) is 0 Å². The monoisotopic (exact) mass is 375 g/mol. The van der Waals surface area contributed by atoms with E-state index >= 15 is 0 Å². The summed E-state index contributed by atoms with van der Waals surface area (Å²) in [6.45, 7) is 10.9.